The van der Waals surface area contributed by atoms with Crippen molar-refractivity contribution < 1.29 is 18.7 Å². The summed E-state index contributed by atoms with van der Waals surface area (Å²) in [5.41, 5.74) is 0. The lowest BCUT2D eigenvalue weighted by Crippen LogP contribution is -2.44. The summed E-state index contributed by atoms with van der Waals surface area (Å²) in [6.07, 6.45) is 34.0. The van der Waals surface area contributed by atoms with Crippen LogP contribution >= 0.6 is 7.75 Å². The van der Waals surface area contributed by atoms with Crippen LogP contribution in [0, 0.1) is 11.8 Å². The molecule has 6 nitrogen and oxygen atoms in total. The quantitative estimate of drug-likeness (QED) is 0.0501. The lowest BCUT2D eigenvalue weighted by Gasteiger charge is -2.37. The summed E-state index contributed by atoms with van der Waals surface area (Å²) >= 11 is 0. The number of aliphatic hydroxyl groups is 1. The zero-order valence-electron chi connectivity index (χ0n) is 32.1. The average Bonchev–Trinajstić information content (AvgIpc) is 3.04. The van der Waals surface area contributed by atoms with E-state index in [2.05, 4.69) is 37.7 Å². The molecule has 0 radical (unpaired) electrons. The Kier molecular flexibility index (Phi) is 30.6. The van der Waals surface area contributed by atoms with E-state index in [1.165, 1.54) is 148 Å². The van der Waals surface area contributed by atoms with Gasteiger partial charge in [0.05, 0.1) is 19.8 Å². The van der Waals surface area contributed by atoms with Crippen LogP contribution in [0.25, 0.3) is 0 Å². The van der Waals surface area contributed by atoms with E-state index in [0.29, 0.717) is 44.2 Å². The van der Waals surface area contributed by atoms with E-state index in [0.717, 1.165) is 32.2 Å². The zero-order chi connectivity index (χ0) is 34.3. The van der Waals surface area contributed by atoms with Gasteiger partial charge < -0.3 is 5.11 Å². The van der Waals surface area contributed by atoms with Gasteiger partial charge in [-0.25, -0.2) is 9.65 Å². The molecule has 1 aliphatic carbocycles. The fraction of sp³-hybridized carbons (Fsp3) is 1.00. The van der Waals surface area contributed by atoms with Gasteiger partial charge in [0.25, 0.3) is 0 Å². The lowest BCUT2D eigenvalue weighted by molar-refractivity contribution is 0.101. The Morgan fingerprint density at radius 3 is 1.36 bits per heavy atom. The van der Waals surface area contributed by atoms with Crippen LogP contribution in [0.2, 0.25) is 0 Å². The van der Waals surface area contributed by atoms with Crippen molar-refractivity contribution in [1.82, 2.24) is 9.99 Å². The minimum atomic E-state index is -3.46. The topological polar surface area (TPSA) is 71.0 Å². The molecule has 1 aliphatic rings. The second kappa shape index (κ2) is 32.0. The largest absolute Gasteiger partial charge is 0.405 e. The molecule has 0 aromatic heterocycles. The van der Waals surface area contributed by atoms with Crippen molar-refractivity contribution in [2.24, 2.45) is 11.8 Å². The average molecular weight is 687 g/mol. The van der Waals surface area contributed by atoms with Crippen LogP contribution in [0.15, 0.2) is 0 Å². The first-order valence-electron chi connectivity index (χ1n) is 21.0. The number of nitrogens with zero attached hydrogens (tertiary/aromatic N) is 1. The SMILES string of the molecule is CCCCCCCCC(CCCCCC)COP(=O)(NCCN(CCO)C1CCC1)OCC(CCCCCC)CCCCCCCC. The van der Waals surface area contributed by atoms with Crippen LogP contribution in [0.5, 0.6) is 0 Å². The number of hydrogen-bond donors (Lipinski definition) is 2. The molecule has 2 unspecified atom stereocenters. The predicted molar refractivity (Wildman–Crippen MR) is 204 cm³/mol. The van der Waals surface area contributed by atoms with Gasteiger partial charge in [-0.05, 0) is 50.4 Å². The molecule has 1 saturated carbocycles. The van der Waals surface area contributed by atoms with E-state index in [-0.39, 0.29) is 6.61 Å². The summed E-state index contributed by atoms with van der Waals surface area (Å²) in [7, 11) is -3.46. The van der Waals surface area contributed by atoms with Crippen molar-refractivity contribution in [3.05, 3.63) is 0 Å². The minimum Gasteiger partial charge on any atom is -0.395 e. The van der Waals surface area contributed by atoms with Crippen molar-refractivity contribution in [3.63, 3.8) is 0 Å². The molecule has 0 amide bonds. The molecule has 0 aromatic carbocycles. The van der Waals surface area contributed by atoms with Crippen LogP contribution in [-0.4, -0.2) is 55.5 Å². The zero-order valence-corrected chi connectivity index (χ0v) is 33.0. The third kappa shape index (κ3) is 24.8. The van der Waals surface area contributed by atoms with Crippen molar-refractivity contribution in [2.45, 2.75) is 207 Å². The Bertz CT molecular complexity index is 668. The molecule has 0 bridgehead atoms. The second-order valence-electron chi connectivity index (χ2n) is 14.9. The van der Waals surface area contributed by atoms with Crippen LogP contribution in [0.4, 0.5) is 0 Å². The summed E-state index contributed by atoms with van der Waals surface area (Å²) in [5.74, 6) is 0.871. The summed E-state index contributed by atoms with van der Waals surface area (Å²) in [5, 5.41) is 13.0. The van der Waals surface area contributed by atoms with Crippen LogP contribution in [0.3, 0.4) is 0 Å². The molecule has 2 atom stereocenters. The Labute approximate surface area is 294 Å². The van der Waals surface area contributed by atoms with E-state index in [4.69, 9.17) is 9.05 Å². The van der Waals surface area contributed by atoms with Gasteiger partial charge in [-0.3, -0.25) is 13.9 Å². The van der Waals surface area contributed by atoms with E-state index in [1.54, 1.807) is 0 Å². The molecule has 0 heterocycles. The number of nitrogens with one attached hydrogen (secondary N) is 1. The number of unbranched alkanes of at least 4 members (excludes halogenated alkanes) is 16. The van der Waals surface area contributed by atoms with Gasteiger partial charge in [0.1, 0.15) is 0 Å². The van der Waals surface area contributed by atoms with Gasteiger partial charge in [-0.15, -0.1) is 0 Å². The molecular weight excluding hydrogens is 603 g/mol. The monoisotopic (exact) mass is 687 g/mol. The van der Waals surface area contributed by atoms with Crippen LogP contribution in [0.1, 0.15) is 201 Å². The Morgan fingerprint density at radius 2 is 1.00 bits per heavy atom. The molecule has 0 spiro atoms. The highest BCUT2D eigenvalue weighted by Crippen LogP contribution is 2.45. The van der Waals surface area contributed by atoms with E-state index < -0.39 is 7.75 Å². The Morgan fingerprint density at radius 1 is 0.617 bits per heavy atom. The molecule has 2 N–H and O–H groups in total. The molecule has 282 valence electrons. The fourth-order valence-electron chi connectivity index (χ4n) is 6.99. The molecule has 47 heavy (non-hydrogen) atoms. The van der Waals surface area contributed by atoms with Crippen molar-refractivity contribution in [2.75, 3.05) is 39.5 Å². The maximum absolute atomic E-state index is 14.4. The van der Waals surface area contributed by atoms with Crippen LogP contribution in [-0.2, 0) is 13.6 Å². The Balaban J connectivity index is 2.87. The first-order chi connectivity index (χ1) is 23.0. The van der Waals surface area contributed by atoms with Gasteiger partial charge in [-0.2, -0.15) is 0 Å². The lowest BCUT2D eigenvalue weighted by atomic mass is 9.91. The molecule has 7 heteroatoms. The highest BCUT2D eigenvalue weighted by molar-refractivity contribution is 7.51. The van der Waals surface area contributed by atoms with Gasteiger partial charge in [0.15, 0.2) is 0 Å². The van der Waals surface area contributed by atoms with Gasteiger partial charge in [-0.1, -0.05) is 163 Å². The van der Waals surface area contributed by atoms with Gasteiger partial charge in [0.2, 0.25) is 0 Å². The predicted octanol–water partition coefficient (Wildman–Crippen LogP) is 12.2. The maximum atomic E-state index is 14.4. The summed E-state index contributed by atoms with van der Waals surface area (Å²) in [6.45, 7) is 12.3. The standard InChI is InChI=1S/C40H83N2O4P/c1-5-9-13-17-19-23-28-38(26-21-15-11-7-3)36-45-47(44,41-32-33-42(34-35-43)40-30-25-31-40)46-37-39(27-22-16-12-8-4)29-24-20-18-14-10-6-2/h38-40,43H,5-37H2,1-4H3,(H,41,44). The van der Waals surface area contributed by atoms with Gasteiger partial charge >= 0.3 is 7.75 Å². The molecule has 0 aromatic rings. The number of aliphatic hydroxyl groups excluding tert-OH is 1. The van der Waals surface area contributed by atoms with Gasteiger partial charge in [0, 0.05) is 25.7 Å². The van der Waals surface area contributed by atoms with Crippen LogP contribution < -0.4 is 5.09 Å². The maximum Gasteiger partial charge on any atom is 0.405 e. The number of rotatable bonds is 37. The molecule has 1 fully saturated rings. The molecular formula is C40H83N2O4P. The second-order valence-corrected chi connectivity index (χ2v) is 16.7. The van der Waals surface area contributed by atoms with E-state index >= 15 is 0 Å². The molecule has 0 aliphatic heterocycles. The highest BCUT2D eigenvalue weighted by atomic mass is 31.2. The van der Waals surface area contributed by atoms with Crippen molar-refractivity contribution in [3.8, 4) is 0 Å². The summed E-state index contributed by atoms with van der Waals surface area (Å²) in [6, 6.07) is 0.542. The highest BCUT2D eigenvalue weighted by Gasteiger charge is 2.29. The first kappa shape index (κ1) is 45.1. The van der Waals surface area contributed by atoms with E-state index in [1.807, 2.05) is 0 Å². The minimum absolute atomic E-state index is 0.164. The summed E-state index contributed by atoms with van der Waals surface area (Å²) < 4.78 is 27.2. The smallest absolute Gasteiger partial charge is 0.395 e. The van der Waals surface area contributed by atoms with Crippen molar-refractivity contribution >= 4 is 7.75 Å². The molecule has 1 rings (SSSR count). The summed E-state index contributed by atoms with van der Waals surface area (Å²) in [4.78, 5) is 2.35. The van der Waals surface area contributed by atoms with Crippen molar-refractivity contribution in [1.29, 1.82) is 0 Å². The Hall–Kier alpha value is 0.0300. The third-order valence-corrected chi connectivity index (χ3v) is 12.1. The van der Waals surface area contributed by atoms with E-state index in [9.17, 15) is 9.67 Å². The first-order valence-corrected chi connectivity index (χ1v) is 22.5. The third-order valence-electron chi connectivity index (χ3n) is 10.5. The fourth-order valence-corrected chi connectivity index (χ4v) is 8.44. The normalized spacial score (nSPS) is 16.4. The molecule has 0 saturated heterocycles. The number of hydrogen-bond acceptors (Lipinski definition) is 5.